The lowest BCUT2D eigenvalue weighted by molar-refractivity contribution is 0.0696. The van der Waals surface area contributed by atoms with Crippen LogP contribution in [0.4, 0.5) is 5.69 Å². The van der Waals surface area contributed by atoms with Crippen LogP contribution < -0.4 is 5.32 Å². The first-order valence-corrected chi connectivity index (χ1v) is 8.16. The fourth-order valence-electron chi connectivity index (χ4n) is 2.69. The van der Waals surface area contributed by atoms with E-state index in [1.54, 1.807) is 19.2 Å². The smallest absolute Gasteiger partial charge is 0.253 e. The van der Waals surface area contributed by atoms with Gasteiger partial charge in [-0.3, -0.25) is 9.69 Å². The first kappa shape index (κ1) is 18.5. The van der Waals surface area contributed by atoms with E-state index in [0.29, 0.717) is 31.9 Å². The van der Waals surface area contributed by atoms with Crippen LogP contribution in [0, 0.1) is 4.91 Å². The summed E-state index contributed by atoms with van der Waals surface area (Å²) in [5, 5.41) is 5.96. The van der Waals surface area contributed by atoms with Crippen molar-refractivity contribution in [2.24, 2.45) is 5.18 Å². The number of methoxy groups -OCH3 is 1. The number of nitrogens with one attached hydrogen (secondary N) is 1. The number of carbonyl (C=O) groups excluding carboxylic acids is 1. The summed E-state index contributed by atoms with van der Waals surface area (Å²) >= 11 is 0. The zero-order valence-electron chi connectivity index (χ0n) is 14.3. The number of nitroso groups, excluding NO2 is 1. The highest BCUT2D eigenvalue weighted by molar-refractivity contribution is 5.99. The molecule has 7 heteroatoms. The maximum atomic E-state index is 12.5. The summed E-state index contributed by atoms with van der Waals surface area (Å²) in [6, 6.07) is 5.25. The molecule has 1 amide bonds. The van der Waals surface area contributed by atoms with Crippen molar-refractivity contribution in [2.75, 3.05) is 40.5 Å². The molecule has 0 unspecified atom stereocenters. The molecular weight excluding hydrogens is 310 g/mol. The van der Waals surface area contributed by atoms with E-state index in [-0.39, 0.29) is 17.6 Å². The molecule has 0 radical (unpaired) electrons. The zero-order valence-corrected chi connectivity index (χ0v) is 14.3. The molecule has 1 aliphatic rings. The maximum absolute atomic E-state index is 12.5. The monoisotopic (exact) mass is 335 g/mol. The van der Waals surface area contributed by atoms with Crippen molar-refractivity contribution >= 4 is 11.6 Å². The van der Waals surface area contributed by atoms with Crippen LogP contribution in [0.25, 0.3) is 0 Å². The number of hydrogen-bond donors (Lipinski definition) is 1. The normalized spacial score (nSPS) is 15.5. The molecule has 1 N–H and O–H groups in total. The fourth-order valence-corrected chi connectivity index (χ4v) is 2.69. The molecule has 1 heterocycles. The Morgan fingerprint density at radius 2 is 2.17 bits per heavy atom. The van der Waals surface area contributed by atoms with Gasteiger partial charge in [-0.15, -0.1) is 4.91 Å². The topological polar surface area (TPSA) is 80.2 Å². The Morgan fingerprint density at radius 3 is 2.83 bits per heavy atom. The molecule has 132 valence electrons. The number of nitrogens with zero attached hydrogens (tertiary/aromatic N) is 2. The van der Waals surface area contributed by atoms with Crippen LogP contribution >= 0.6 is 0 Å². The fraction of sp³-hybridized carbons (Fsp3) is 0.588. The molecule has 0 aromatic heterocycles. The Balaban J connectivity index is 2.07. The lowest BCUT2D eigenvalue weighted by Crippen LogP contribution is -2.39. The van der Waals surface area contributed by atoms with Gasteiger partial charge in [0.15, 0.2) is 0 Å². The second kappa shape index (κ2) is 9.46. The van der Waals surface area contributed by atoms with Crippen molar-refractivity contribution in [3.05, 3.63) is 34.2 Å². The summed E-state index contributed by atoms with van der Waals surface area (Å²) in [5.41, 5.74) is 1.45. The SMILES string of the molecule is COCCN(C)Cc1ccc(N=O)c(C(=O)NC2CCOCC2)c1. The van der Waals surface area contributed by atoms with Crippen molar-refractivity contribution in [2.45, 2.75) is 25.4 Å². The molecule has 2 rings (SSSR count). The standard InChI is InChI=1S/C17H25N3O4/c1-20(7-10-23-2)12-13-3-4-16(19-22)15(11-13)17(21)18-14-5-8-24-9-6-14/h3-4,11,14H,5-10,12H2,1-2H3,(H,18,21). The van der Waals surface area contributed by atoms with E-state index in [2.05, 4.69) is 15.4 Å². The quantitative estimate of drug-likeness (QED) is 0.736. The molecule has 1 fully saturated rings. The van der Waals surface area contributed by atoms with Crippen LogP contribution in [0.2, 0.25) is 0 Å². The second-order valence-corrected chi connectivity index (χ2v) is 6.03. The average Bonchev–Trinajstić information content (AvgIpc) is 2.60. The van der Waals surface area contributed by atoms with E-state index in [1.807, 2.05) is 13.1 Å². The van der Waals surface area contributed by atoms with Gasteiger partial charge >= 0.3 is 0 Å². The maximum Gasteiger partial charge on any atom is 0.253 e. The van der Waals surface area contributed by atoms with Gasteiger partial charge in [-0.05, 0) is 42.8 Å². The lowest BCUT2D eigenvalue weighted by Gasteiger charge is -2.23. The Morgan fingerprint density at radius 1 is 1.42 bits per heavy atom. The Labute approximate surface area is 142 Å². The van der Waals surface area contributed by atoms with Gasteiger partial charge in [0, 0.05) is 39.5 Å². The number of ether oxygens (including phenoxy) is 2. The third-order valence-electron chi connectivity index (χ3n) is 4.09. The van der Waals surface area contributed by atoms with Gasteiger partial charge in [-0.25, -0.2) is 0 Å². The van der Waals surface area contributed by atoms with Crippen LogP contribution in [-0.2, 0) is 16.0 Å². The highest BCUT2D eigenvalue weighted by atomic mass is 16.5. The molecule has 0 atom stereocenters. The van der Waals surface area contributed by atoms with Gasteiger partial charge in [0.25, 0.3) is 5.91 Å². The number of amides is 1. The number of rotatable bonds is 8. The largest absolute Gasteiger partial charge is 0.383 e. The predicted octanol–water partition coefficient (Wildman–Crippen LogP) is 2.07. The summed E-state index contributed by atoms with van der Waals surface area (Å²) in [6.45, 7) is 3.39. The van der Waals surface area contributed by atoms with Gasteiger partial charge in [0.1, 0.15) is 5.69 Å². The van der Waals surface area contributed by atoms with E-state index in [1.165, 1.54) is 0 Å². The molecule has 1 aliphatic heterocycles. The molecule has 24 heavy (non-hydrogen) atoms. The first-order valence-electron chi connectivity index (χ1n) is 8.16. The van der Waals surface area contributed by atoms with Crippen LogP contribution in [0.5, 0.6) is 0 Å². The highest BCUT2D eigenvalue weighted by Gasteiger charge is 2.20. The average molecular weight is 335 g/mol. The molecule has 0 saturated carbocycles. The molecule has 0 spiro atoms. The van der Waals surface area contributed by atoms with Gasteiger partial charge in [0.05, 0.1) is 12.2 Å². The molecule has 0 aliphatic carbocycles. The minimum atomic E-state index is -0.252. The van der Waals surface area contributed by atoms with E-state index < -0.39 is 0 Å². The third kappa shape index (κ3) is 5.36. The minimum Gasteiger partial charge on any atom is -0.383 e. The molecule has 1 saturated heterocycles. The second-order valence-electron chi connectivity index (χ2n) is 6.03. The van der Waals surface area contributed by atoms with Crippen LogP contribution in [0.3, 0.4) is 0 Å². The van der Waals surface area contributed by atoms with Crippen molar-refractivity contribution in [3.63, 3.8) is 0 Å². The Kier molecular flexibility index (Phi) is 7.30. The van der Waals surface area contributed by atoms with Crippen molar-refractivity contribution in [1.82, 2.24) is 10.2 Å². The Hall–Kier alpha value is -1.83. The minimum absolute atomic E-state index is 0.0822. The third-order valence-corrected chi connectivity index (χ3v) is 4.09. The van der Waals surface area contributed by atoms with Gasteiger partial charge < -0.3 is 14.8 Å². The van der Waals surface area contributed by atoms with Gasteiger partial charge in [0.2, 0.25) is 0 Å². The Bertz CT molecular complexity index is 559. The van der Waals surface area contributed by atoms with Gasteiger partial charge in [-0.1, -0.05) is 6.07 Å². The number of benzene rings is 1. The first-order chi connectivity index (χ1) is 11.6. The highest BCUT2D eigenvalue weighted by Crippen LogP contribution is 2.22. The lowest BCUT2D eigenvalue weighted by atomic mass is 10.1. The van der Waals surface area contributed by atoms with Crippen LogP contribution in [0.15, 0.2) is 23.4 Å². The number of likely N-dealkylation sites (N-methyl/N-ethyl adjacent to an activating group) is 1. The summed E-state index contributed by atoms with van der Waals surface area (Å²) in [7, 11) is 3.64. The van der Waals surface area contributed by atoms with Crippen molar-refractivity contribution in [3.8, 4) is 0 Å². The van der Waals surface area contributed by atoms with E-state index >= 15 is 0 Å². The van der Waals surface area contributed by atoms with E-state index in [9.17, 15) is 9.70 Å². The van der Waals surface area contributed by atoms with E-state index in [0.717, 1.165) is 24.9 Å². The number of hydrogen-bond acceptors (Lipinski definition) is 6. The molecule has 1 aromatic rings. The summed E-state index contributed by atoms with van der Waals surface area (Å²) < 4.78 is 10.4. The summed E-state index contributed by atoms with van der Waals surface area (Å²) in [5.74, 6) is -0.252. The zero-order chi connectivity index (χ0) is 17.4. The number of carbonyl (C=O) groups is 1. The summed E-state index contributed by atoms with van der Waals surface area (Å²) in [6.07, 6.45) is 1.57. The predicted molar refractivity (Wildman–Crippen MR) is 91.4 cm³/mol. The molecule has 0 bridgehead atoms. The summed E-state index contributed by atoms with van der Waals surface area (Å²) in [4.78, 5) is 25.6. The molecule has 7 nitrogen and oxygen atoms in total. The van der Waals surface area contributed by atoms with Crippen LogP contribution in [-0.4, -0.2) is 57.4 Å². The van der Waals surface area contributed by atoms with Crippen molar-refractivity contribution in [1.29, 1.82) is 0 Å². The van der Waals surface area contributed by atoms with Crippen LogP contribution in [0.1, 0.15) is 28.8 Å². The molecule has 1 aromatic carbocycles. The van der Waals surface area contributed by atoms with Crippen molar-refractivity contribution < 1.29 is 14.3 Å². The van der Waals surface area contributed by atoms with Gasteiger partial charge in [-0.2, -0.15) is 0 Å². The van der Waals surface area contributed by atoms with E-state index in [4.69, 9.17) is 9.47 Å². The molecular formula is C17H25N3O4.